The van der Waals surface area contributed by atoms with Crippen LogP contribution in [0.15, 0.2) is 102 Å². The van der Waals surface area contributed by atoms with Crippen LogP contribution in [0.4, 0.5) is 11.4 Å². The van der Waals surface area contributed by atoms with Gasteiger partial charge in [0, 0.05) is 72.6 Å². The van der Waals surface area contributed by atoms with Crippen LogP contribution in [0, 0.1) is 26.7 Å². The van der Waals surface area contributed by atoms with Gasteiger partial charge in [-0.15, -0.1) is 21.5 Å². The molecule has 4 aliphatic rings. The average Bonchev–Trinajstić information content (AvgIpc) is 3.73. The summed E-state index contributed by atoms with van der Waals surface area (Å²) in [5.74, 6) is 3.65. The fourth-order valence-corrected chi connectivity index (χ4v) is 11.3. The summed E-state index contributed by atoms with van der Waals surface area (Å²) in [4.78, 5) is 14.3. The summed E-state index contributed by atoms with van der Waals surface area (Å²) in [6, 6.07) is 35.4. The average molecular weight is 788 g/mol. The predicted octanol–water partition coefficient (Wildman–Crippen LogP) is 9.38. The van der Waals surface area contributed by atoms with E-state index in [0.717, 1.165) is 81.0 Å². The lowest BCUT2D eigenvalue weighted by Crippen LogP contribution is -2.50. The van der Waals surface area contributed by atoms with Crippen LogP contribution in [0.3, 0.4) is 0 Å². The number of aromatic nitrogens is 3. The number of rotatable bonds is 8. The first-order chi connectivity index (χ1) is 28.3. The monoisotopic (exact) mass is 787 g/mol. The second-order valence-electron chi connectivity index (χ2n) is 17.0. The van der Waals surface area contributed by atoms with Crippen molar-refractivity contribution in [1.29, 1.82) is 0 Å². The summed E-state index contributed by atoms with van der Waals surface area (Å²) in [7, 11) is 0. The van der Waals surface area contributed by atoms with E-state index in [0.29, 0.717) is 11.7 Å². The van der Waals surface area contributed by atoms with Crippen LogP contribution >= 0.6 is 11.3 Å². The molecule has 0 unspecified atom stereocenters. The fourth-order valence-electron chi connectivity index (χ4n) is 10.0. The highest BCUT2D eigenvalue weighted by atomic mass is 32.1. The Morgan fingerprint density at radius 2 is 1.50 bits per heavy atom. The quantitative estimate of drug-likeness (QED) is 0.166. The molecule has 0 spiro atoms. The van der Waals surface area contributed by atoms with Crippen LogP contribution in [-0.4, -0.2) is 76.3 Å². The van der Waals surface area contributed by atoms with Crippen molar-refractivity contribution in [1.82, 2.24) is 19.7 Å². The molecule has 0 saturated carbocycles. The number of fused-ring (bicyclic) bond motifs is 4. The molecule has 58 heavy (non-hydrogen) atoms. The first-order valence-corrected chi connectivity index (χ1v) is 22.0. The van der Waals surface area contributed by atoms with E-state index in [4.69, 9.17) is 4.99 Å². The van der Waals surface area contributed by atoms with Gasteiger partial charge in [-0.1, -0.05) is 60.7 Å². The van der Waals surface area contributed by atoms with E-state index >= 15 is 0 Å². The second kappa shape index (κ2) is 15.2. The van der Waals surface area contributed by atoms with Gasteiger partial charge in [0.05, 0.1) is 5.71 Å². The molecule has 10 rings (SSSR count). The minimum absolute atomic E-state index is 0.0741. The molecule has 0 radical (unpaired) electrons. The van der Waals surface area contributed by atoms with Gasteiger partial charge in [-0.05, 0) is 130 Å². The molecular formula is C49H53N7OS. The zero-order chi connectivity index (χ0) is 39.5. The van der Waals surface area contributed by atoms with Gasteiger partial charge in [0.25, 0.3) is 0 Å². The Morgan fingerprint density at radius 1 is 0.776 bits per heavy atom. The van der Waals surface area contributed by atoms with Crippen molar-refractivity contribution >= 4 is 28.4 Å². The zero-order valence-electron chi connectivity index (χ0n) is 34.1. The minimum atomic E-state index is -0.0741. The van der Waals surface area contributed by atoms with Gasteiger partial charge in [-0.25, -0.2) is 0 Å². The number of thiophene rings is 1. The molecule has 2 fully saturated rings. The standard InChI is InChI=1S/C49H53N7OS/c1-31-33(3)58-49-45(31)47(50-32(2)48-52-51-34(4)56(48)49)38-12-17-40(18-13-38)54-26-24-53(25-27-54)23-22-35-29-55(30-35)41-15-10-37(11-16-41)46-43(36-8-6-5-7-9-36)20-14-39-28-42(57)19-21-44(39)46/h5-13,15-19,21,28,32,35,43,46,57H,14,20,22-27,29-30H2,1-4H3/t32-,43+,46-/m0/s1. The van der Waals surface area contributed by atoms with Gasteiger partial charge in [0.1, 0.15) is 22.6 Å². The summed E-state index contributed by atoms with van der Waals surface area (Å²) in [5.41, 5.74) is 12.7. The van der Waals surface area contributed by atoms with E-state index in [1.807, 2.05) is 30.4 Å². The van der Waals surface area contributed by atoms with Gasteiger partial charge in [0.15, 0.2) is 5.82 Å². The third-order valence-electron chi connectivity index (χ3n) is 13.5. The highest BCUT2D eigenvalue weighted by molar-refractivity contribution is 7.15. The van der Waals surface area contributed by atoms with Crippen LogP contribution in [-0.2, 0) is 6.42 Å². The number of aliphatic imine (C=N–C) groups is 1. The molecule has 5 heterocycles. The molecule has 3 atom stereocenters. The first kappa shape index (κ1) is 37.0. The molecule has 2 aromatic heterocycles. The van der Waals surface area contributed by atoms with Gasteiger partial charge >= 0.3 is 0 Å². The summed E-state index contributed by atoms with van der Waals surface area (Å²) >= 11 is 1.81. The summed E-state index contributed by atoms with van der Waals surface area (Å²) < 4.78 is 2.21. The Bertz CT molecular complexity index is 2460. The van der Waals surface area contributed by atoms with Crippen molar-refractivity contribution in [2.75, 3.05) is 55.6 Å². The van der Waals surface area contributed by atoms with E-state index in [1.54, 1.807) is 0 Å². The van der Waals surface area contributed by atoms with E-state index in [9.17, 15) is 5.11 Å². The van der Waals surface area contributed by atoms with E-state index < -0.39 is 0 Å². The molecule has 6 aromatic rings. The molecule has 8 nitrogen and oxygen atoms in total. The highest BCUT2D eigenvalue weighted by Gasteiger charge is 2.34. The van der Waals surface area contributed by atoms with Crippen molar-refractivity contribution < 1.29 is 5.11 Å². The maximum absolute atomic E-state index is 10.2. The summed E-state index contributed by atoms with van der Waals surface area (Å²) in [6.45, 7) is 16.3. The lowest BCUT2D eigenvalue weighted by molar-refractivity contribution is 0.227. The van der Waals surface area contributed by atoms with E-state index in [-0.39, 0.29) is 12.0 Å². The molecule has 2 saturated heterocycles. The van der Waals surface area contributed by atoms with Crippen LogP contribution in [0.25, 0.3) is 5.00 Å². The van der Waals surface area contributed by atoms with Gasteiger partial charge in [0.2, 0.25) is 0 Å². The Hall–Kier alpha value is -5.25. The second-order valence-corrected chi connectivity index (χ2v) is 18.2. The van der Waals surface area contributed by atoms with Crippen LogP contribution in [0.2, 0.25) is 0 Å². The first-order valence-electron chi connectivity index (χ1n) is 21.2. The molecule has 4 aromatic carbocycles. The van der Waals surface area contributed by atoms with Crippen LogP contribution in [0.5, 0.6) is 5.75 Å². The number of phenols is 1. The number of benzene rings is 4. The number of aromatic hydroxyl groups is 1. The zero-order valence-corrected chi connectivity index (χ0v) is 34.9. The van der Waals surface area contributed by atoms with E-state index in [2.05, 4.69) is 135 Å². The maximum Gasteiger partial charge on any atom is 0.162 e. The Balaban J connectivity index is 0.732. The van der Waals surface area contributed by atoms with Crippen molar-refractivity contribution in [3.05, 3.63) is 153 Å². The van der Waals surface area contributed by atoms with E-state index in [1.165, 1.54) is 67.6 Å². The Kier molecular flexibility index (Phi) is 9.69. The largest absolute Gasteiger partial charge is 0.508 e. The number of aryl methyl sites for hydroxylation is 3. The van der Waals surface area contributed by atoms with Gasteiger partial charge < -0.3 is 14.9 Å². The number of anilines is 2. The third-order valence-corrected chi connectivity index (χ3v) is 14.7. The molecule has 0 amide bonds. The molecule has 3 aliphatic heterocycles. The topological polar surface area (TPSA) is 73.0 Å². The van der Waals surface area contributed by atoms with Crippen molar-refractivity contribution in [2.24, 2.45) is 10.9 Å². The van der Waals surface area contributed by atoms with Crippen molar-refractivity contribution in [3.63, 3.8) is 0 Å². The third kappa shape index (κ3) is 6.72. The number of hydrogen-bond donors (Lipinski definition) is 1. The van der Waals surface area contributed by atoms with Crippen molar-refractivity contribution in [2.45, 2.75) is 64.8 Å². The summed E-state index contributed by atoms with van der Waals surface area (Å²) in [6.07, 6.45) is 3.34. The molecule has 1 aliphatic carbocycles. The number of phenolic OH excluding ortho intramolecular Hbond substituents is 1. The smallest absolute Gasteiger partial charge is 0.162 e. The van der Waals surface area contributed by atoms with Crippen molar-refractivity contribution in [3.8, 4) is 10.8 Å². The Morgan fingerprint density at radius 3 is 2.26 bits per heavy atom. The molecule has 9 heteroatoms. The molecular weight excluding hydrogens is 735 g/mol. The normalized spacial score (nSPS) is 20.8. The minimum Gasteiger partial charge on any atom is -0.508 e. The van der Waals surface area contributed by atoms with Gasteiger partial charge in [-0.2, -0.15) is 0 Å². The fraction of sp³-hybridized carbons (Fsp3) is 0.367. The lowest BCUT2D eigenvalue weighted by atomic mass is 9.69. The summed E-state index contributed by atoms with van der Waals surface area (Å²) in [5, 5.41) is 20.3. The predicted molar refractivity (Wildman–Crippen MR) is 237 cm³/mol. The number of hydrogen-bond acceptors (Lipinski definition) is 8. The number of nitrogens with zero attached hydrogens (tertiary/aromatic N) is 7. The van der Waals surface area contributed by atoms with Crippen LogP contribution < -0.4 is 9.80 Å². The van der Waals surface area contributed by atoms with Gasteiger partial charge in [-0.3, -0.25) is 14.5 Å². The van der Waals surface area contributed by atoms with Crippen LogP contribution in [0.1, 0.15) is 93.1 Å². The highest BCUT2D eigenvalue weighted by Crippen LogP contribution is 2.47. The Labute approximate surface area is 346 Å². The lowest BCUT2D eigenvalue weighted by Gasteiger charge is -2.43. The molecule has 296 valence electrons. The maximum atomic E-state index is 10.2. The SMILES string of the molecule is Cc1sc2c(c1C)C(c1ccc(N3CCN(CCC4CN(c5ccc([C@@H]6c7ccc(O)cc7CC[C@@H]6c6ccccc6)cc5)C4)CC3)cc1)=N[C@@H](C)c1nnc(C)n1-2. The molecule has 1 N–H and O–H groups in total. The number of piperazine rings is 1. The molecule has 0 bridgehead atoms.